The molecule has 0 rings (SSSR count). The van der Waals surface area contributed by atoms with E-state index < -0.39 is 54.4 Å². The molecule has 158 valence electrons. The average Bonchev–Trinajstić information content (AvgIpc) is 2.44. The molecule has 0 radical (unpaired) electrons. The normalized spacial score (nSPS) is 17.0. The first-order valence-corrected chi connectivity index (χ1v) is 6.00. The van der Waals surface area contributed by atoms with Crippen molar-refractivity contribution in [2.45, 2.75) is 47.8 Å². The number of halogens is 16. The number of alkyl halides is 16. The van der Waals surface area contributed by atoms with Crippen LogP contribution in [-0.4, -0.2) is 54.4 Å². The molecule has 0 amide bonds. The van der Waals surface area contributed by atoms with Crippen LogP contribution in [0.4, 0.5) is 65.9 Å². The lowest BCUT2D eigenvalue weighted by molar-refractivity contribution is -0.420. The minimum absolute atomic E-state index is 2.50. The van der Waals surface area contributed by atoms with Gasteiger partial charge in [0.15, 0.2) is 0 Å². The molecule has 0 aromatic carbocycles. The maximum absolute atomic E-state index is 13.0. The van der Waals surface area contributed by atoms with Crippen molar-refractivity contribution >= 4 is 11.6 Å². The van der Waals surface area contributed by atoms with Gasteiger partial charge in [0.25, 0.3) is 5.63 Å². The van der Waals surface area contributed by atoms with Crippen molar-refractivity contribution in [3.8, 4) is 0 Å². The zero-order chi connectivity index (χ0) is 21.6. The third-order valence-corrected chi connectivity index (χ3v) is 2.89. The Bertz CT molecular complexity index is 488. The molecule has 0 heterocycles. The number of rotatable bonds is 9. The fourth-order valence-corrected chi connectivity index (χ4v) is 1.18. The summed E-state index contributed by atoms with van der Waals surface area (Å²) in [5.74, 6) is -37.3. The van der Waals surface area contributed by atoms with Gasteiger partial charge in [-0.25, -0.2) is 13.2 Å². The van der Waals surface area contributed by atoms with Crippen LogP contribution in [0.15, 0.2) is 0 Å². The van der Waals surface area contributed by atoms with Gasteiger partial charge in [-0.2, -0.15) is 52.7 Å². The first-order chi connectivity index (χ1) is 11.1. The van der Waals surface area contributed by atoms with Crippen molar-refractivity contribution in [2.75, 3.05) is 6.61 Å². The summed E-state index contributed by atoms with van der Waals surface area (Å²) in [4.78, 5) is 0. The van der Waals surface area contributed by atoms with E-state index >= 15 is 0 Å². The van der Waals surface area contributed by atoms with Crippen molar-refractivity contribution in [1.29, 1.82) is 0 Å². The molecule has 0 spiro atoms. The van der Waals surface area contributed by atoms with Gasteiger partial charge in [0.05, 0.1) is 0 Å². The van der Waals surface area contributed by atoms with Crippen LogP contribution in [0.25, 0.3) is 0 Å². The molecule has 0 aromatic heterocycles. The molecule has 0 aliphatic heterocycles. The summed E-state index contributed by atoms with van der Waals surface area (Å²) in [6.45, 7) is -3.62. The Morgan fingerprint density at radius 3 is 1.35 bits per heavy atom. The molecular weight excluding hydrogens is 445 g/mol. The molecule has 0 saturated heterocycles. The Hall–Kier alpha value is -0.800. The van der Waals surface area contributed by atoms with Crippen LogP contribution in [0.3, 0.4) is 0 Å². The maximum Gasteiger partial charge on any atom is 0.401 e. The van der Waals surface area contributed by atoms with Crippen LogP contribution in [0.1, 0.15) is 0 Å². The quantitative estimate of drug-likeness (QED) is 0.331. The first-order valence-electron chi connectivity index (χ1n) is 5.56. The molecule has 0 N–H and O–H groups in total. The summed E-state index contributed by atoms with van der Waals surface area (Å²) in [7, 11) is 0. The number of ether oxygens (including phenoxy) is 1. The van der Waals surface area contributed by atoms with Crippen LogP contribution < -0.4 is 0 Å². The van der Waals surface area contributed by atoms with E-state index in [9.17, 15) is 65.9 Å². The highest BCUT2D eigenvalue weighted by Gasteiger charge is 2.87. The van der Waals surface area contributed by atoms with Crippen LogP contribution in [0.2, 0.25) is 0 Å². The molecule has 1 unspecified atom stereocenters. The summed E-state index contributed by atoms with van der Waals surface area (Å²) in [5.41, 5.74) is -3.99. The van der Waals surface area contributed by atoms with E-state index in [1.165, 1.54) is 0 Å². The van der Waals surface area contributed by atoms with Crippen molar-refractivity contribution in [1.82, 2.24) is 0 Å². The van der Waals surface area contributed by atoms with Gasteiger partial charge in [-0.05, 0) is 0 Å². The number of hydrogen-bond donors (Lipinski definition) is 0. The monoisotopic (exact) mass is 448 g/mol. The summed E-state index contributed by atoms with van der Waals surface area (Å²) >= 11 is 4.04. The largest absolute Gasteiger partial charge is 0.401 e. The van der Waals surface area contributed by atoms with Crippen LogP contribution >= 0.6 is 11.6 Å². The van der Waals surface area contributed by atoms with E-state index in [1.807, 2.05) is 0 Å². The zero-order valence-corrected chi connectivity index (χ0v) is 12.1. The molecule has 0 bridgehead atoms. The second-order valence-corrected chi connectivity index (χ2v) is 4.89. The van der Waals surface area contributed by atoms with Gasteiger partial charge in [0.2, 0.25) is 0 Å². The van der Waals surface area contributed by atoms with Gasteiger partial charge in [-0.3, -0.25) is 0 Å². The molecule has 1 nitrogen and oxygen atoms in total. The van der Waals surface area contributed by atoms with E-state index in [2.05, 4.69) is 16.3 Å². The second kappa shape index (κ2) is 6.98. The van der Waals surface area contributed by atoms with E-state index in [-0.39, 0.29) is 0 Å². The number of hydrogen-bond acceptors (Lipinski definition) is 1. The lowest BCUT2D eigenvalue weighted by Crippen LogP contribution is -2.69. The Balaban J connectivity index is 5.89. The molecule has 0 saturated carbocycles. The molecule has 0 aromatic rings. The van der Waals surface area contributed by atoms with E-state index in [1.54, 1.807) is 0 Å². The summed E-state index contributed by atoms with van der Waals surface area (Å²) < 4.78 is 191. The topological polar surface area (TPSA) is 9.23 Å². The van der Waals surface area contributed by atoms with Gasteiger partial charge < -0.3 is 4.74 Å². The Labute approximate surface area is 138 Å². The Kier molecular flexibility index (Phi) is 6.76. The maximum atomic E-state index is 13.0. The molecule has 0 fully saturated rings. The van der Waals surface area contributed by atoms with Crippen molar-refractivity contribution < 1.29 is 70.6 Å². The average molecular weight is 449 g/mol. The minimum Gasteiger partial charge on any atom is -0.311 e. The van der Waals surface area contributed by atoms with Gasteiger partial charge in [-0.15, -0.1) is 0 Å². The molecule has 0 aliphatic rings. The summed E-state index contributed by atoms with van der Waals surface area (Å²) in [5, 5.41) is 0. The predicted molar refractivity (Wildman–Crippen MR) is 52.4 cm³/mol. The van der Waals surface area contributed by atoms with Gasteiger partial charge in [0, 0.05) is 0 Å². The molecular formula is C9H4ClF15O. The van der Waals surface area contributed by atoms with Crippen molar-refractivity contribution in [3.63, 3.8) is 0 Å². The predicted octanol–water partition coefficient (Wildman–Crippen LogP) is 5.57. The SMILES string of the molecule is FC(Cl)C(F)(F)OCC(F)(F)C(F)(F)C(F)(F)C(F)(F)C(F)(F)C(F)F. The van der Waals surface area contributed by atoms with Crippen LogP contribution in [-0.2, 0) is 4.74 Å². The smallest absolute Gasteiger partial charge is 0.311 e. The van der Waals surface area contributed by atoms with Crippen LogP contribution in [0.5, 0.6) is 0 Å². The molecule has 1 atom stereocenters. The highest BCUT2D eigenvalue weighted by atomic mass is 35.5. The lowest BCUT2D eigenvalue weighted by atomic mass is 9.94. The zero-order valence-electron chi connectivity index (χ0n) is 11.3. The van der Waals surface area contributed by atoms with Crippen LogP contribution in [0, 0.1) is 0 Å². The van der Waals surface area contributed by atoms with Crippen molar-refractivity contribution in [2.24, 2.45) is 0 Å². The minimum atomic E-state index is -7.89. The fourth-order valence-electron chi connectivity index (χ4n) is 1.11. The van der Waals surface area contributed by atoms with E-state index in [0.717, 1.165) is 0 Å². The third kappa shape index (κ3) is 3.89. The third-order valence-electron chi connectivity index (χ3n) is 2.64. The summed E-state index contributed by atoms with van der Waals surface area (Å²) in [6, 6.07) is 0. The van der Waals surface area contributed by atoms with Gasteiger partial charge >= 0.3 is 42.1 Å². The second-order valence-electron chi connectivity index (χ2n) is 4.50. The van der Waals surface area contributed by atoms with Gasteiger partial charge in [0.1, 0.15) is 6.61 Å². The molecule has 17 heteroatoms. The standard InChI is InChI=1S/C9H4ClF15O/c10-2(11)6(18,19)26-1-4(14,15)7(20,21)9(24,25)8(22,23)5(16,17)3(12)13/h2-3H,1H2. The highest BCUT2D eigenvalue weighted by Crippen LogP contribution is 2.58. The molecule has 26 heavy (non-hydrogen) atoms. The highest BCUT2D eigenvalue weighted by molar-refractivity contribution is 6.20. The molecule has 0 aliphatic carbocycles. The Morgan fingerprint density at radius 2 is 1.04 bits per heavy atom. The first kappa shape index (κ1) is 25.2. The van der Waals surface area contributed by atoms with E-state index in [0.29, 0.717) is 0 Å². The lowest BCUT2D eigenvalue weighted by Gasteiger charge is -2.39. The van der Waals surface area contributed by atoms with E-state index in [4.69, 9.17) is 0 Å². The summed E-state index contributed by atoms with van der Waals surface area (Å²) in [6.07, 6.45) is -11.2. The van der Waals surface area contributed by atoms with Gasteiger partial charge in [-0.1, -0.05) is 11.6 Å². The Morgan fingerprint density at radius 1 is 0.654 bits per heavy atom. The fraction of sp³-hybridized carbons (Fsp3) is 1.00. The van der Waals surface area contributed by atoms with Crippen molar-refractivity contribution in [3.05, 3.63) is 0 Å².